The lowest BCUT2D eigenvalue weighted by Gasteiger charge is -2.38. The van der Waals surface area contributed by atoms with Gasteiger partial charge in [0.05, 0.1) is 0 Å². The van der Waals surface area contributed by atoms with Gasteiger partial charge in [-0.05, 0) is 38.1 Å². The van der Waals surface area contributed by atoms with Crippen LogP contribution in [0.25, 0.3) is 0 Å². The molecule has 1 fully saturated rings. The first kappa shape index (κ1) is 10.4. The van der Waals surface area contributed by atoms with Gasteiger partial charge in [-0.15, -0.1) is 0 Å². The molecule has 1 rings (SSSR count). The van der Waals surface area contributed by atoms with Gasteiger partial charge in [0, 0.05) is 13.1 Å². The summed E-state index contributed by atoms with van der Waals surface area (Å²) in [6.45, 7) is 6.03. The number of nitrogens with one attached hydrogen (secondary N) is 1. The van der Waals surface area contributed by atoms with Crippen molar-refractivity contribution in [2.75, 3.05) is 32.9 Å². The maximum absolute atomic E-state index is 3.37. The van der Waals surface area contributed by atoms with Crippen molar-refractivity contribution in [3.63, 3.8) is 0 Å². The average molecular weight is 188 g/mol. The predicted octanol–water partition coefficient (Wildman–Crippen LogP) is 1.59. The molecule has 0 amide bonds. The van der Waals surface area contributed by atoms with Crippen molar-refractivity contribution >= 4 is 11.9 Å². The predicted molar refractivity (Wildman–Crippen MR) is 56.4 cm³/mol. The van der Waals surface area contributed by atoms with Crippen LogP contribution in [-0.4, -0.2) is 37.8 Å². The topological polar surface area (TPSA) is 15.3 Å². The first-order valence-corrected chi connectivity index (χ1v) is 5.83. The summed E-state index contributed by atoms with van der Waals surface area (Å²) in [6.07, 6.45) is 4.81. The van der Waals surface area contributed by atoms with Crippen molar-refractivity contribution in [2.45, 2.75) is 19.8 Å². The van der Waals surface area contributed by atoms with Crippen LogP contribution in [0.3, 0.4) is 0 Å². The Labute approximate surface area is 80.2 Å². The third-order valence-corrected chi connectivity index (χ3v) is 3.05. The molecular weight excluding hydrogens is 168 g/mol. The normalized spacial score (nSPS) is 32.2. The van der Waals surface area contributed by atoms with Gasteiger partial charge in [0.25, 0.3) is 0 Å². The van der Waals surface area contributed by atoms with Crippen molar-refractivity contribution in [2.24, 2.45) is 5.41 Å². The summed E-state index contributed by atoms with van der Waals surface area (Å²) >= 11 is 1.73. The molecule has 0 aromatic rings. The zero-order valence-electron chi connectivity index (χ0n) is 8.39. The molecule has 2 nitrogen and oxygen atoms in total. The number of hydrogen-bond donors (Lipinski definition) is 1. The van der Waals surface area contributed by atoms with Crippen LogP contribution in [0.4, 0.5) is 0 Å². The molecule has 1 atom stereocenters. The van der Waals surface area contributed by atoms with Crippen molar-refractivity contribution in [1.82, 2.24) is 9.62 Å². The molecule has 0 saturated carbocycles. The highest BCUT2D eigenvalue weighted by Gasteiger charge is 2.28. The van der Waals surface area contributed by atoms with E-state index in [0.717, 1.165) is 6.54 Å². The van der Waals surface area contributed by atoms with Gasteiger partial charge in [0.1, 0.15) is 0 Å². The lowest BCUT2D eigenvalue weighted by molar-refractivity contribution is 0.130. The lowest BCUT2D eigenvalue weighted by atomic mass is 9.82. The fraction of sp³-hybridized carbons (Fsp3) is 1.00. The van der Waals surface area contributed by atoms with E-state index in [1.807, 2.05) is 0 Å². The van der Waals surface area contributed by atoms with Crippen molar-refractivity contribution in [1.29, 1.82) is 0 Å². The minimum absolute atomic E-state index is 0.496. The van der Waals surface area contributed by atoms with E-state index in [4.69, 9.17) is 0 Å². The minimum atomic E-state index is 0.496. The van der Waals surface area contributed by atoms with E-state index in [2.05, 4.69) is 29.8 Å². The van der Waals surface area contributed by atoms with Crippen LogP contribution < -0.4 is 4.72 Å². The molecule has 0 aliphatic carbocycles. The molecule has 1 heterocycles. The maximum Gasteiger partial charge on any atom is 0.0125 e. The fourth-order valence-electron chi connectivity index (χ4n) is 1.98. The van der Waals surface area contributed by atoms with Crippen LogP contribution >= 0.6 is 11.9 Å². The van der Waals surface area contributed by atoms with E-state index >= 15 is 0 Å². The Morgan fingerprint density at radius 3 is 2.92 bits per heavy atom. The van der Waals surface area contributed by atoms with Crippen LogP contribution in [0.1, 0.15) is 19.8 Å². The van der Waals surface area contributed by atoms with Crippen LogP contribution in [0.2, 0.25) is 0 Å². The molecule has 0 aromatic heterocycles. The van der Waals surface area contributed by atoms with Crippen LogP contribution in [0.15, 0.2) is 0 Å². The van der Waals surface area contributed by atoms with E-state index in [1.54, 1.807) is 11.9 Å². The molecule has 0 bridgehead atoms. The highest BCUT2D eigenvalue weighted by molar-refractivity contribution is 7.96. The highest BCUT2D eigenvalue weighted by Crippen LogP contribution is 2.28. The molecule has 1 aliphatic heterocycles. The van der Waals surface area contributed by atoms with E-state index in [-0.39, 0.29) is 0 Å². The maximum atomic E-state index is 3.37. The fourth-order valence-corrected chi connectivity index (χ4v) is 2.47. The SMILES string of the molecule is CSNCC1(C)CCCN(C)C1. The summed E-state index contributed by atoms with van der Waals surface area (Å²) in [5.41, 5.74) is 0.496. The van der Waals surface area contributed by atoms with Crippen molar-refractivity contribution in [3.05, 3.63) is 0 Å². The second-order valence-electron chi connectivity index (χ2n) is 4.18. The summed E-state index contributed by atoms with van der Waals surface area (Å²) in [6, 6.07) is 0. The van der Waals surface area contributed by atoms with Crippen molar-refractivity contribution < 1.29 is 0 Å². The molecular formula is C9H20N2S. The standard InChI is InChI=1S/C9H20N2S/c1-9(7-10-12-3)5-4-6-11(2)8-9/h10H,4-8H2,1-3H3. The van der Waals surface area contributed by atoms with Gasteiger partial charge >= 0.3 is 0 Å². The second kappa shape index (κ2) is 4.49. The van der Waals surface area contributed by atoms with Gasteiger partial charge in [-0.2, -0.15) is 0 Å². The first-order chi connectivity index (χ1) is 5.66. The zero-order chi connectivity index (χ0) is 9.03. The molecule has 1 aliphatic rings. The molecule has 1 N–H and O–H groups in total. The van der Waals surface area contributed by atoms with Crippen molar-refractivity contribution in [3.8, 4) is 0 Å². The Hall–Kier alpha value is 0.270. The Morgan fingerprint density at radius 2 is 2.33 bits per heavy atom. The van der Waals surface area contributed by atoms with Gasteiger partial charge in [0.2, 0.25) is 0 Å². The smallest absolute Gasteiger partial charge is 0.0125 e. The second-order valence-corrected chi connectivity index (χ2v) is 4.87. The summed E-state index contributed by atoms with van der Waals surface area (Å²) < 4.78 is 3.37. The molecule has 12 heavy (non-hydrogen) atoms. The van der Waals surface area contributed by atoms with E-state index in [0.29, 0.717) is 5.41 Å². The largest absolute Gasteiger partial charge is 0.306 e. The van der Waals surface area contributed by atoms with Crippen LogP contribution in [-0.2, 0) is 0 Å². The first-order valence-electron chi connectivity index (χ1n) is 4.61. The number of hydrogen-bond acceptors (Lipinski definition) is 3. The number of piperidine rings is 1. The monoisotopic (exact) mass is 188 g/mol. The molecule has 1 saturated heterocycles. The molecule has 0 spiro atoms. The summed E-state index contributed by atoms with van der Waals surface area (Å²) in [7, 11) is 2.22. The molecule has 3 heteroatoms. The molecule has 0 aromatic carbocycles. The Morgan fingerprint density at radius 1 is 1.58 bits per heavy atom. The highest BCUT2D eigenvalue weighted by atomic mass is 32.2. The third kappa shape index (κ3) is 2.96. The summed E-state index contributed by atoms with van der Waals surface area (Å²) in [4.78, 5) is 2.44. The number of likely N-dealkylation sites (tertiary alicyclic amines) is 1. The Bertz CT molecular complexity index is 140. The summed E-state index contributed by atoms with van der Waals surface area (Å²) in [5.74, 6) is 0. The van der Waals surface area contributed by atoms with E-state index < -0.39 is 0 Å². The van der Waals surface area contributed by atoms with Gasteiger partial charge in [-0.3, -0.25) is 4.72 Å². The average Bonchev–Trinajstić information content (AvgIpc) is 2.01. The number of nitrogens with zero attached hydrogens (tertiary/aromatic N) is 1. The van der Waals surface area contributed by atoms with Crippen LogP contribution in [0, 0.1) is 5.41 Å². The van der Waals surface area contributed by atoms with E-state index in [9.17, 15) is 0 Å². The molecule has 72 valence electrons. The third-order valence-electron chi connectivity index (χ3n) is 2.62. The Balaban J connectivity index is 2.35. The lowest BCUT2D eigenvalue weighted by Crippen LogP contribution is -2.43. The summed E-state index contributed by atoms with van der Waals surface area (Å²) in [5, 5.41) is 0. The molecule has 1 unspecified atom stereocenters. The Kier molecular flexibility index (Phi) is 3.87. The van der Waals surface area contributed by atoms with E-state index in [1.165, 1.54) is 25.9 Å². The van der Waals surface area contributed by atoms with Gasteiger partial charge in [-0.1, -0.05) is 18.9 Å². The quantitative estimate of drug-likeness (QED) is 0.677. The van der Waals surface area contributed by atoms with Gasteiger partial charge < -0.3 is 4.90 Å². The van der Waals surface area contributed by atoms with Gasteiger partial charge in [-0.25, -0.2) is 0 Å². The minimum Gasteiger partial charge on any atom is -0.306 e. The number of rotatable bonds is 3. The zero-order valence-corrected chi connectivity index (χ0v) is 9.21. The van der Waals surface area contributed by atoms with Crippen LogP contribution in [0.5, 0.6) is 0 Å². The molecule has 0 radical (unpaired) electrons. The van der Waals surface area contributed by atoms with Gasteiger partial charge in [0.15, 0.2) is 0 Å².